The van der Waals surface area contributed by atoms with Gasteiger partial charge < -0.3 is 19.9 Å². The predicted molar refractivity (Wildman–Crippen MR) is 139 cm³/mol. The van der Waals surface area contributed by atoms with Crippen LogP contribution in [0.2, 0.25) is 5.02 Å². The summed E-state index contributed by atoms with van der Waals surface area (Å²) in [7, 11) is 3.98. The van der Waals surface area contributed by atoms with E-state index in [1.165, 1.54) is 5.56 Å². The first-order valence-corrected chi connectivity index (χ1v) is 13.0. The molecule has 7 heteroatoms. The second kappa shape index (κ2) is 11.9. The molecule has 6 nitrogen and oxygen atoms in total. The van der Waals surface area contributed by atoms with E-state index in [4.69, 9.17) is 16.3 Å². The van der Waals surface area contributed by atoms with Crippen molar-refractivity contribution in [1.82, 2.24) is 15.1 Å². The van der Waals surface area contributed by atoms with Gasteiger partial charge in [-0.05, 0) is 100.0 Å². The van der Waals surface area contributed by atoms with Gasteiger partial charge in [-0.2, -0.15) is 0 Å². The van der Waals surface area contributed by atoms with Gasteiger partial charge in [-0.1, -0.05) is 23.7 Å². The second-order valence-electron chi connectivity index (χ2n) is 9.96. The quantitative estimate of drug-likeness (QED) is 0.601. The van der Waals surface area contributed by atoms with Crippen molar-refractivity contribution < 1.29 is 14.3 Å². The molecule has 0 spiro atoms. The Bertz CT molecular complexity index is 988. The van der Waals surface area contributed by atoms with Crippen LogP contribution in [-0.4, -0.2) is 67.5 Å². The number of hydrogen-bond acceptors (Lipinski definition) is 4. The molecule has 188 valence electrons. The summed E-state index contributed by atoms with van der Waals surface area (Å²) < 4.78 is 5.72. The first-order valence-electron chi connectivity index (χ1n) is 12.6. The third-order valence-electron chi connectivity index (χ3n) is 7.37. The van der Waals surface area contributed by atoms with Crippen molar-refractivity contribution in [1.29, 1.82) is 0 Å². The van der Waals surface area contributed by atoms with E-state index in [2.05, 4.69) is 29.4 Å². The van der Waals surface area contributed by atoms with E-state index < -0.39 is 0 Å². The summed E-state index contributed by atoms with van der Waals surface area (Å²) in [6, 6.07) is 15.7. The number of nitrogens with zero attached hydrogens (tertiary/aromatic N) is 2. The highest BCUT2D eigenvalue weighted by molar-refractivity contribution is 6.30. The topological polar surface area (TPSA) is 61.9 Å². The lowest BCUT2D eigenvalue weighted by Gasteiger charge is -2.35. The number of rotatable bonds is 7. The highest BCUT2D eigenvalue weighted by Gasteiger charge is 2.28. The van der Waals surface area contributed by atoms with Crippen LogP contribution in [0.4, 0.5) is 0 Å². The van der Waals surface area contributed by atoms with E-state index in [0.29, 0.717) is 22.3 Å². The van der Waals surface area contributed by atoms with Crippen LogP contribution in [0.1, 0.15) is 60.4 Å². The summed E-state index contributed by atoms with van der Waals surface area (Å²) in [6.45, 7) is 2.03. The maximum Gasteiger partial charge on any atom is 0.258 e. The van der Waals surface area contributed by atoms with Gasteiger partial charge in [0.1, 0.15) is 5.75 Å². The number of hydrogen-bond donors (Lipinski definition) is 1. The molecule has 1 saturated heterocycles. The van der Waals surface area contributed by atoms with E-state index in [-0.39, 0.29) is 30.5 Å². The predicted octanol–water partition coefficient (Wildman–Crippen LogP) is 4.73. The van der Waals surface area contributed by atoms with Gasteiger partial charge in [0, 0.05) is 36.3 Å². The van der Waals surface area contributed by atoms with E-state index in [9.17, 15) is 9.59 Å². The van der Waals surface area contributed by atoms with Gasteiger partial charge in [-0.15, -0.1) is 0 Å². The minimum absolute atomic E-state index is 0.0403. The van der Waals surface area contributed by atoms with Crippen LogP contribution in [0.5, 0.6) is 5.75 Å². The lowest BCUT2D eigenvalue weighted by molar-refractivity contribution is -0.124. The van der Waals surface area contributed by atoms with Crippen LogP contribution in [0.15, 0.2) is 48.5 Å². The van der Waals surface area contributed by atoms with Crippen molar-refractivity contribution in [3.63, 3.8) is 0 Å². The minimum atomic E-state index is -0.0648. The summed E-state index contributed by atoms with van der Waals surface area (Å²) in [5.41, 5.74) is 1.96. The average Bonchev–Trinajstić information content (AvgIpc) is 2.87. The van der Waals surface area contributed by atoms with Crippen LogP contribution in [0.3, 0.4) is 0 Å². The number of likely N-dealkylation sites (N-methyl/N-ethyl adjacent to an activating group) is 1. The molecule has 2 aliphatic rings. The van der Waals surface area contributed by atoms with Crippen molar-refractivity contribution in [2.24, 2.45) is 0 Å². The molecule has 0 radical (unpaired) electrons. The van der Waals surface area contributed by atoms with Gasteiger partial charge in [0.25, 0.3) is 11.8 Å². The van der Waals surface area contributed by atoms with Crippen molar-refractivity contribution in [3.05, 3.63) is 64.7 Å². The molecule has 1 atom stereocenters. The van der Waals surface area contributed by atoms with Crippen LogP contribution < -0.4 is 10.1 Å². The molecule has 0 unspecified atom stereocenters. The Balaban J connectivity index is 1.22. The monoisotopic (exact) mass is 497 g/mol. The number of halogens is 1. The Morgan fingerprint density at radius 3 is 2.37 bits per heavy atom. The van der Waals surface area contributed by atoms with E-state index in [1.54, 1.807) is 24.3 Å². The SMILES string of the molecule is CN1CCC[C@@H](NC(=O)COc2ccc(C3CCC(N(C)C(=O)c4ccc(Cl)cc4)CC3)cc2)C1. The molecule has 1 heterocycles. The van der Waals surface area contributed by atoms with Crippen molar-refractivity contribution in [2.75, 3.05) is 33.8 Å². The molecule has 0 bridgehead atoms. The number of nitrogens with one attached hydrogen (secondary N) is 1. The fourth-order valence-corrected chi connectivity index (χ4v) is 5.42. The van der Waals surface area contributed by atoms with Crippen LogP contribution >= 0.6 is 11.6 Å². The first-order chi connectivity index (χ1) is 16.9. The molecule has 35 heavy (non-hydrogen) atoms. The first kappa shape index (κ1) is 25.5. The molecule has 1 aliphatic heterocycles. The molecular weight excluding hydrogens is 462 g/mol. The van der Waals surface area contributed by atoms with Gasteiger partial charge in [0.15, 0.2) is 6.61 Å². The smallest absolute Gasteiger partial charge is 0.258 e. The second-order valence-corrected chi connectivity index (χ2v) is 10.4. The summed E-state index contributed by atoms with van der Waals surface area (Å²) in [4.78, 5) is 29.2. The molecule has 0 aromatic heterocycles. The van der Waals surface area contributed by atoms with Gasteiger partial charge >= 0.3 is 0 Å². The molecule has 1 N–H and O–H groups in total. The number of carbonyl (C=O) groups excluding carboxylic acids is 2. The summed E-state index contributed by atoms with van der Waals surface area (Å²) in [5.74, 6) is 1.17. The Labute approximate surface area is 213 Å². The van der Waals surface area contributed by atoms with Gasteiger partial charge in [-0.3, -0.25) is 9.59 Å². The number of ether oxygens (including phenoxy) is 1. The van der Waals surface area contributed by atoms with Crippen LogP contribution in [-0.2, 0) is 4.79 Å². The fraction of sp³-hybridized carbons (Fsp3) is 0.500. The highest BCUT2D eigenvalue weighted by Crippen LogP contribution is 2.35. The molecule has 4 rings (SSSR count). The average molecular weight is 498 g/mol. The molecular formula is C28H36ClN3O3. The lowest BCUT2D eigenvalue weighted by atomic mass is 9.81. The largest absolute Gasteiger partial charge is 0.484 e. The zero-order chi connectivity index (χ0) is 24.8. The lowest BCUT2D eigenvalue weighted by Crippen LogP contribution is -2.47. The third-order valence-corrected chi connectivity index (χ3v) is 7.62. The molecule has 2 amide bonds. The normalized spacial score (nSPS) is 22.9. The minimum Gasteiger partial charge on any atom is -0.484 e. The Morgan fingerprint density at radius 1 is 1.03 bits per heavy atom. The number of piperidine rings is 1. The third kappa shape index (κ3) is 6.98. The zero-order valence-electron chi connectivity index (χ0n) is 20.7. The van der Waals surface area contributed by atoms with Gasteiger partial charge in [0.05, 0.1) is 0 Å². The number of amides is 2. The van der Waals surface area contributed by atoms with E-state index in [0.717, 1.165) is 51.6 Å². The summed E-state index contributed by atoms with van der Waals surface area (Å²) >= 11 is 5.95. The van der Waals surface area contributed by atoms with Gasteiger partial charge in [-0.25, -0.2) is 0 Å². The molecule has 2 fully saturated rings. The van der Waals surface area contributed by atoms with E-state index in [1.807, 2.05) is 24.1 Å². The standard InChI is InChI=1S/C28H36ClN3O3/c1-31-17-3-4-24(18-31)30-27(33)19-35-26-15-9-21(10-16-26)20-7-13-25(14-8-20)32(2)28(34)22-5-11-23(29)12-6-22/h5-6,9-12,15-16,20,24-25H,3-4,7-8,13-14,17-19H2,1-2H3,(H,30,33)/t20?,24-,25?/m1/s1. The Morgan fingerprint density at radius 2 is 1.71 bits per heavy atom. The number of carbonyl (C=O) groups is 2. The number of likely N-dealkylation sites (tertiary alicyclic amines) is 1. The summed E-state index contributed by atoms with van der Waals surface area (Å²) in [6.07, 6.45) is 6.19. The van der Waals surface area contributed by atoms with Crippen molar-refractivity contribution >= 4 is 23.4 Å². The Kier molecular flexibility index (Phi) is 8.69. The van der Waals surface area contributed by atoms with Crippen molar-refractivity contribution in [3.8, 4) is 5.75 Å². The fourth-order valence-electron chi connectivity index (χ4n) is 5.30. The molecule has 1 saturated carbocycles. The molecule has 2 aromatic carbocycles. The molecule has 1 aliphatic carbocycles. The van der Waals surface area contributed by atoms with Crippen LogP contribution in [0, 0.1) is 0 Å². The maximum atomic E-state index is 12.8. The van der Waals surface area contributed by atoms with Gasteiger partial charge in [0.2, 0.25) is 0 Å². The zero-order valence-corrected chi connectivity index (χ0v) is 21.5. The molecule has 2 aromatic rings. The summed E-state index contributed by atoms with van der Waals surface area (Å²) in [5, 5.41) is 3.71. The van der Waals surface area contributed by atoms with Crippen LogP contribution in [0.25, 0.3) is 0 Å². The van der Waals surface area contributed by atoms with Crippen molar-refractivity contribution in [2.45, 2.75) is 56.5 Å². The van der Waals surface area contributed by atoms with E-state index >= 15 is 0 Å². The maximum absolute atomic E-state index is 12.8. The highest BCUT2D eigenvalue weighted by atomic mass is 35.5. The number of benzene rings is 2. The Hall–Kier alpha value is -2.57.